The minimum Gasteiger partial charge on any atom is -0.494 e. The van der Waals surface area contributed by atoms with E-state index in [1.807, 2.05) is 36.4 Å². The van der Waals surface area contributed by atoms with Crippen molar-refractivity contribution in [2.45, 2.75) is 17.9 Å². The van der Waals surface area contributed by atoms with E-state index < -0.39 is 10.0 Å². The first-order valence-corrected chi connectivity index (χ1v) is 10.5. The van der Waals surface area contributed by atoms with E-state index >= 15 is 0 Å². The van der Waals surface area contributed by atoms with Crippen LogP contribution in [0.1, 0.15) is 12.0 Å². The van der Waals surface area contributed by atoms with Gasteiger partial charge in [0.05, 0.1) is 11.5 Å². The molecule has 9 heteroatoms. The third kappa shape index (κ3) is 7.82. The highest BCUT2D eigenvalue weighted by Gasteiger charge is 2.20. The summed E-state index contributed by atoms with van der Waals surface area (Å²) in [5.74, 6) is 1.46. The molecule has 2 aromatic rings. The number of sulfonamides is 1. The van der Waals surface area contributed by atoms with Crippen LogP contribution in [-0.2, 0) is 16.6 Å². The Hall–Kier alpha value is -1.85. The van der Waals surface area contributed by atoms with E-state index in [2.05, 4.69) is 15.6 Å². The zero-order chi connectivity index (χ0) is 20.4. The predicted octanol–water partition coefficient (Wildman–Crippen LogP) is 2.69. The van der Waals surface area contributed by atoms with Gasteiger partial charge in [0.25, 0.3) is 0 Å². The summed E-state index contributed by atoms with van der Waals surface area (Å²) in [5, 5.41) is 6.37. The maximum atomic E-state index is 12.5. The summed E-state index contributed by atoms with van der Waals surface area (Å²) < 4.78 is 31.8. The van der Waals surface area contributed by atoms with Crippen molar-refractivity contribution in [1.29, 1.82) is 0 Å². The van der Waals surface area contributed by atoms with Gasteiger partial charge < -0.3 is 15.4 Å². The third-order valence-corrected chi connectivity index (χ3v) is 5.94. The van der Waals surface area contributed by atoms with Crippen molar-refractivity contribution in [2.75, 3.05) is 34.3 Å². The molecule has 0 aromatic heterocycles. The van der Waals surface area contributed by atoms with Crippen molar-refractivity contribution in [3.05, 3.63) is 60.2 Å². The Morgan fingerprint density at radius 1 is 1.03 bits per heavy atom. The quantitative estimate of drug-likeness (QED) is 0.225. The van der Waals surface area contributed by atoms with Crippen molar-refractivity contribution in [1.82, 2.24) is 14.9 Å². The van der Waals surface area contributed by atoms with Crippen LogP contribution in [0.5, 0.6) is 5.75 Å². The molecule has 2 N–H and O–H groups in total. The smallest absolute Gasteiger partial charge is 0.242 e. The van der Waals surface area contributed by atoms with Crippen LogP contribution in [0, 0.1) is 0 Å². The van der Waals surface area contributed by atoms with E-state index in [1.54, 1.807) is 25.2 Å². The molecule has 0 spiro atoms. The molecule has 0 fully saturated rings. The fourth-order valence-corrected chi connectivity index (χ4v) is 3.60. The highest BCUT2D eigenvalue weighted by molar-refractivity contribution is 14.0. The minimum absolute atomic E-state index is 0. The number of guanidine groups is 1. The van der Waals surface area contributed by atoms with E-state index in [4.69, 9.17) is 4.74 Å². The number of benzene rings is 2. The van der Waals surface area contributed by atoms with Gasteiger partial charge >= 0.3 is 0 Å². The topological polar surface area (TPSA) is 83.0 Å². The summed E-state index contributed by atoms with van der Waals surface area (Å²) in [5.41, 5.74) is 0.687. The van der Waals surface area contributed by atoms with E-state index in [0.29, 0.717) is 36.1 Å². The van der Waals surface area contributed by atoms with Gasteiger partial charge in [-0.2, -0.15) is 0 Å². The van der Waals surface area contributed by atoms with Gasteiger partial charge in [-0.15, -0.1) is 24.0 Å². The maximum absolute atomic E-state index is 12.5. The molecule has 2 aromatic carbocycles. The first-order chi connectivity index (χ1) is 13.4. The molecule has 160 valence electrons. The molecular formula is C20H29IN4O3S. The first-order valence-electron chi connectivity index (χ1n) is 9.08. The summed E-state index contributed by atoms with van der Waals surface area (Å²) in [7, 11) is 1.23. The number of hydrogen-bond donors (Lipinski definition) is 2. The van der Waals surface area contributed by atoms with Crippen LogP contribution in [-0.4, -0.2) is 53.0 Å². The first kappa shape index (κ1) is 25.2. The van der Waals surface area contributed by atoms with Gasteiger partial charge in [-0.25, -0.2) is 12.7 Å². The fourth-order valence-electron chi connectivity index (χ4n) is 2.48. The second-order valence-corrected chi connectivity index (χ2v) is 8.38. The number of para-hydroxylation sites is 1. The average molecular weight is 532 g/mol. The van der Waals surface area contributed by atoms with Gasteiger partial charge in [0.1, 0.15) is 5.75 Å². The molecule has 0 heterocycles. The van der Waals surface area contributed by atoms with Gasteiger partial charge in [-0.3, -0.25) is 4.99 Å². The Labute approximate surface area is 190 Å². The zero-order valence-corrected chi connectivity index (χ0v) is 20.1. The van der Waals surface area contributed by atoms with Gasteiger partial charge in [0.15, 0.2) is 5.96 Å². The predicted molar refractivity (Wildman–Crippen MR) is 127 cm³/mol. The van der Waals surface area contributed by atoms with Crippen LogP contribution in [0.4, 0.5) is 0 Å². The molecule has 0 aliphatic carbocycles. The number of rotatable bonds is 9. The van der Waals surface area contributed by atoms with Crippen molar-refractivity contribution in [3.8, 4) is 5.75 Å². The van der Waals surface area contributed by atoms with E-state index in [-0.39, 0.29) is 24.0 Å². The molecule has 0 unspecified atom stereocenters. The molecule has 0 saturated carbocycles. The van der Waals surface area contributed by atoms with Crippen molar-refractivity contribution in [3.63, 3.8) is 0 Å². The minimum atomic E-state index is -3.50. The van der Waals surface area contributed by atoms with Crippen molar-refractivity contribution < 1.29 is 13.2 Å². The van der Waals surface area contributed by atoms with Crippen LogP contribution in [0.15, 0.2) is 64.5 Å². The van der Waals surface area contributed by atoms with Gasteiger partial charge in [0, 0.05) is 34.2 Å². The lowest BCUT2D eigenvalue weighted by atomic mass is 10.2. The molecule has 0 aliphatic heterocycles. The molecular weight excluding hydrogens is 503 g/mol. The number of nitrogens with zero attached hydrogens (tertiary/aromatic N) is 2. The van der Waals surface area contributed by atoms with Crippen LogP contribution in [0.25, 0.3) is 0 Å². The summed E-state index contributed by atoms with van der Waals surface area (Å²) in [4.78, 5) is 4.47. The van der Waals surface area contributed by atoms with Crippen LogP contribution >= 0.6 is 24.0 Å². The highest BCUT2D eigenvalue weighted by Crippen LogP contribution is 2.18. The summed E-state index contributed by atoms with van der Waals surface area (Å²) in [6, 6.07) is 16.6. The molecule has 7 nitrogen and oxygen atoms in total. The molecule has 0 saturated heterocycles. The third-order valence-electron chi connectivity index (χ3n) is 4.03. The molecule has 0 aliphatic rings. The molecule has 0 radical (unpaired) electrons. The Morgan fingerprint density at radius 3 is 2.34 bits per heavy atom. The Balaban J connectivity index is 0.00000420. The summed E-state index contributed by atoms with van der Waals surface area (Å²) >= 11 is 0. The Morgan fingerprint density at radius 2 is 1.69 bits per heavy atom. The molecule has 2 rings (SSSR count). The summed E-state index contributed by atoms with van der Waals surface area (Å²) in [6.07, 6.45) is 0.807. The normalized spacial score (nSPS) is 11.7. The van der Waals surface area contributed by atoms with Crippen molar-refractivity contribution in [2.24, 2.45) is 4.99 Å². The number of nitrogens with one attached hydrogen (secondary N) is 2. The number of halogens is 1. The second kappa shape index (κ2) is 12.7. The standard InChI is InChI=1S/C20H28N4O3S.HI/c1-21-20(22-14-9-15-27-18-11-5-4-6-12-18)23-16-17-10-7-8-13-19(17)28(25,26)24(2)3;/h4-8,10-13H,9,14-16H2,1-3H3,(H2,21,22,23);1H. The van der Waals surface area contributed by atoms with E-state index in [9.17, 15) is 8.42 Å². The lowest BCUT2D eigenvalue weighted by Crippen LogP contribution is -2.38. The lowest BCUT2D eigenvalue weighted by Gasteiger charge is -2.17. The SMILES string of the molecule is CN=C(NCCCOc1ccccc1)NCc1ccccc1S(=O)(=O)N(C)C.I. The highest BCUT2D eigenvalue weighted by atomic mass is 127. The van der Waals surface area contributed by atoms with E-state index in [1.165, 1.54) is 18.4 Å². The molecule has 29 heavy (non-hydrogen) atoms. The average Bonchev–Trinajstić information content (AvgIpc) is 2.71. The second-order valence-electron chi connectivity index (χ2n) is 6.26. The van der Waals surface area contributed by atoms with Crippen LogP contribution < -0.4 is 15.4 Å². The maximum Gasteiger partial charge on any atom is 0.242 e. The lowest BCUT2D eigenvalue weighted by molar-refractivity contribution is 0.311. The largest absolute Gasteiger partial charge is 0.494 e. The number of hydrogen-bond acceptors (Lipinski definition) is 4. The number of ether oxygens (including phenoxy) is 1. The summed E-state index contributed by atoms with van der Waals surface area (Å²) in [6.45, 7) is 1.63. The molecule has 0 bridgehead atoms. The van der Waals surface area contributed by atoms with Gasteiger partial charge in [0.2, 0.25) is 10.0 Å². The number of aliphatic imine (C=N–C) groups is 1. The fraction of sp³-hybridized carbons (Fsp3) is 0.350. The van der Waals surface area contributed by atoms with Crippen molar-refractivity contribution >= 4 is 40.0 Å². The van der Waals surface area contributed by atoms with Gasteiger partial charge in [-0.1, -0.05) is 36.4 Å². The molecule has 0 atom stereocenters. The monoisotopic (exact) mass is 532 g/mol. The Kier molecular flexibility index (Phi) is 11.0. The zero-order valence-electron chi connectivity index (χ0n) is 17.0. The van der Waals surface area contributed by atoms with E-state index in [0.717, 1.165) is 12.2 Å². The van der Waals surface area contributed by atoms with Crippen LogP contribution in [0.2, 0.25) is 0 Å². The van der Waals surface area contributed by atoms with Gasteiger partial charge in [-0.05, 0) is 30.2 Å². The Bertz CT molecular complexity index is 874. The van der Waals surface area contributed by atoms with Crippen LogP contribution in [0.3, 0.4) is 0 Å². The molecule has 0 amide bonds.